The molecule has 76 valence electrons. The molecule has 0 saturated carbocycles. The van der Waals surface area contributed by atoms with Crippen LogP contribution < -0.4 is 0 Å². The van der Waals surface area contributed by atoms with Crippen molar-refractivity contribution >= 4 is 11.6 Å². The molecule has 0 N–H and O–H groups in total. The molecule has 0 rings (SSSR count). The van der Waals surface area contributed by atoms with Crippen molar-refractivity contribution < 1.29 is 9.47 Å². The molecule has 0 unspecified atom stereocenters. The van der Waals surface area contributed by atoms with E-state index in [1.807, 2.05) is 0 Å². The number of halogens is 1. The summed E-state index contributed by atoms with van der Waals surface area (Å²) in [6.45, 7) is 0. The van der Waals surface area contributed by atoms with Crippen LogP contribution in [0, 0.1) is 11.8 Å². The highest BCUT2D eigenvalue weighted by molar-refractivity contribution is 6.17. The fraction of sp³-hybridized carbons (Fsp3) is 0.800. The first-order valence-electron chi connectivity index (χ1n) is 4.45. The second-order valence-electron chi connectivity index (χ2n) is 2.62. The van der Waals surface area contributed by atoms with Gasteiger partial charge in [0.1, 0.15) is 0 Å². The molecule has 0 aromatic heterocycles. The second kappa shape index (κ2) is 9.85. The minimum Gasteiger partial charge on any atom is -0.345 e. The van der Waals surface area contributed by atoms with E-state index < -0.39 is 0 Å². The van der Waals surface area contributed by atoms with Crippen molar-refractivity contribution in [2.45, 2.75) is 32.0 Å². The molecule has 0 aliphatic heterocycles. The number of rotatable bonds is 6. The lowest BCUT2D eigenvalue weighted by Gasteiger charge is -2.03. The van der Waals surface area contributed by atoms with E-state index in [-0.39, 0.29) is 6.29 Å². The Morgan fingerprint density at radius 1 is 1.15 bits per heavy atom. The molecule has 0 aliphatic carbocycles. The van der Waals surface area contributed by atoms with Crippen molar-refractivity contribution in [2.24, 2.45) is 0 Å². The summed E-state index contributed by atoms with van der Waals surface area (Å²) in [4.78, 5) is 0. The van der Waals surface area contributed by atoms with Crippen LogP contribution in [0.2, 0.25) is 0 Å². The molecule has 0 radical (unpaired) electrons. The quantitative estimate of drug-likeness (QED) is 0.286. The Kier molecular flexibility index (Phi) is 9.68. The molecule has 13 heavy (non-hydrogen) atoms. The van der Waals surface area contributed by atoms with Gasteiger partial charge in [-0.05, 0) is 18.8 Å². The maximum absolute atomic E-state index is 5.53. The first-order valence-corrected chi connectivity index (χ1v) is 4.98. The molecule has 0 aromatic carbocycles. The zero-order chi connectivity index (χ0) is 9.94. The molecular formula is C10H17ClO2. The number of alkyl halides is 1. The first kappa shape index (κ1) is 12.8. The van der Waals surface area contributed by atoms with Crippen LogP contribution in [0.4, 0.5) is 0 Å². The topological polar surface area (TPSA) is 18.5 Å². The molecule has 0 fully saturated rings. The summed E-state index contributed by atoms with van der Waals surface area (Å²) in [7, 11) is 3.16. The molecular weight excluding hydrogens is 188 g/mol. The summed E-state index contributed by atoms with van der Waals surface area (Å²) in [5.41, 5.74) is 0. The summed E-state index contributed by atoms with van der Waals surface area (Å²) in [6, 6.07) is 0. The SMILES string of the molecule is COC(C#CCCCCCCl)OC. The van der Waals surface area contributed by atoms with Crippen LogP contribution in [0.1, 0.15) is 25.7 Å². The minimum atomic E-state index is -0.381. The maximum Gasteiger partial charge on any atom is 0.221 e. The Morgan fingerprint density at radius 3 is 2.38 bits per heavy atom. The second-order valence-corrected chi connectivity index (χ2v) is 3.00. The summed E-state index contributed by atoms with van der Waals surface area (Å²) in [5.74, 6) is 6.61. The van der Waals surface area contributed by atoms with Crippen molar-refractivity contribution in [3.8, 4) is 11.8 Å². The number of methoxy groups -OCH3 is 2. The van der Waals surface area contributed by atoms with Gasteiger partial charge in [0.2, 0.25) is 6.29 Å². The molecule has 0 aromatic rings. The molecule has 0 saturated heterocycles. The molecule has 0 aliphatic rings. The number of ether oxygens (including phenoxy) is 2. The van der Waals surface area contributed by atoms with Crippen LogP contribution >= 0.6 is 11.6 Å². The standard InChI is InChI=1S/C10H17ClO2/c1-12-10(13-2)8-6-4-3-5-7-9-11/h10H,3-5,7,9H2,1-2H3. The fourth-order valence-corrected chi connectivity index (χ4v) is 1.04. The zero-order valence-electron chi connectivity index (χ0n) is 8.31. The van der Waals surface area contributed by atoms with Crippen LogP contribution in [-0.2, 0) is 9.47 Å². The first-order chi connectivity index (χ1) is 6.35. The van der Waals surface area contributed by atoms with Crippen LogP contribution in [0.5, 0.6) is 0 Å². The number of unbranched alkanes of at least 4 members (excludes halogenated alkanes) is 3. The Labute approximate surface area is 85.6 Å². The normalized spacial score (nSPS) is 9.85. The predicted octanol–water partition coefficient (Wildman–Crippen LogP) is 2.41. The monoisotopic (exact) mass is 204 g/mol. The van der Waals surface area contributed by atoms with E-state index in [1.54, 1.807) is 14.2 Å². The Morgan fingerprint density at radius 2 is 1.85 bits per heavy atom. The Balaban J connectivity index is 3.37. The number of hydrogen-bond donors (Lipinski definition) is 0. The average molecular weight is 205 g/mol. The van der Waals surface area contributed by atoms with Gasteiger partial charge in [0.15, 0.2) is 0 Å². The number of hydrogen-bond acceptors (Lipinski definition) is 2. The maximum atomic E-state index is 5.53. The van der Waals surface area contributed by atoms with Gasteiger partial charge < -0.3 is 9.47 Å². The van der Waals surface area contributed by atoms with Gasteiger partial charge in [0.05, 0.1) is 0 Å². The van der Waals surface area contributed by atoms with E-state index in [0.29, 0.717) is 0 Å². The molecule has 2 nitrogen and oxygen atoms in total. The molecule has 3 heteroatoms. The summed E-state index contributed by atoms with van der Waals surface area (Å²) < 4.78 is 9.82. The minimum absolute atomic E-state index is 0.381. The predicted molar refractivity (Wildman–Crippen MR) is 54.8 cm³/mol. The van der Waals surface area contributed by atoms with E-state index in [2.05, 4.69) is 11.8 Å². The third-order valence-electron chi connectivity index (χ3n) is 1.58. The largest absolute Gasteiger partial charge is 0.345 e. The van der Waals surface area contributed by atoms with Crippen molar-refractivity contribution in [2.75, 3.05) is 20.1 Å². The summed E-state index contributed by atoms with van der Waals surface area (Å²) in [6.07, 6.45) is 3.82. The van der Waals surface area contributed by atoms with Gasteiger partial charge in [-0.3, -0.25) is 0 Å². The third-order valence-corrected chi connectivity index (χ3v) is 1.85. The third kappa shape index (κ3) is 8.11. The highest BCUT2D eigenvalue weighted by Gasteiger charge is 1.95. The van der Waals surface area contributed by atoms with Crippen LogP contribution in [0.15, 0.2) is 0 Å². The molecule has 0 spiro atoms. The zero-order valence-corrected chi connectivity index (χ0v) is 9.06. The summed E-state index contributed by atoms with van der Waals surface area (Å²) >= 11 is 5.53. The molecule has 0 heterocycles. The molecule has 0 amide bonds. The van der Waals surface area contributed by atoms with E-state index in [9.17, 15) is 0 Å². The van der Waals surface area contributed by atoms with Gasteiger partial charge in [-0.25, -0.2) is 0 Å². The Bertz CT molecular complexity index is 156. The molecule has 0 atom stereocenters. The lowest BCUT2D eigenvalue weighted by molar-refractivity contribution is -0.0595. The average Bonchev–Trinajstić information content (AvgIpc) is 2.17. The van der Waals surface area contributed by atoms with E-state index in [4.69, 9.17) is 21.1 Å². The Hall–Kier alpha value is -0.230. The smallest absolute Gasteiger partial charge is 0.221 e. The van der Waals surface area contributed by atoms with Gasteiger partial charge in [-0.2, -0.15) is 0 Å². The summed E-state index contributed by atoms with van der Waals surface area (Å²) in [5, 5.41) is 0. The van der Waals surface area contributed by atoms with Gasteiger partial charge >= 0.3 is 0 Å². The van der Waals surface area contributed by atoms with E-state index >= 15 is 0 Å². The lowest BCUT2D eigenvalue weighted by Crippen LogP contribution is -2.09. The van der Waals surface area contributed by atoms with Crippen molar-refractivity contribution in [1.29, 1.82) is 0 Å². The van der Waals surface area contributed by atoms with Gasteiger partial charge in [-0.1, -0.05) is 12.3 Å². The lowest BCUT2D eigenvalue weighted by atomic mass is 10.2. The van der Waals surface area contributed by atoms with Crippen LogP contribution in [0.25, 0.3) is 0 Å². The van der Waals surface area contributed by atoms with Crippen molar-refractivity contribution in [1.82, 2.24) is 0 Å². The van der Waals surface area contributed by atoms with Crippen LogP contribution in [0.3, 0.4) is 0 Å². The fourth-order valence-electron chi connectivity index (χ4n) is 0.854. The van der Waals surface area contributed by atoms with E-state index in [1.165, 1.54) is 0 Å². The van der Waals surface area contributed by atoms with Crippen molar-refractivity contribution in [3.63, 3.8) is 0 Å². The highest BCUT2D eigenvalue weighted by Crippen LogP contribution is 2.00. The van der Waals surface area contributed by atoms with Gasteiger partial charge in [0.25, 0.3) is 0 Å². The van der Waals surface area contributed by atoms with E-state index in [0.717, 1.165) is 31.6 Å². The van der Waals surface area contributed by atoms with Crippen molar-refractivity contribution in [3.05, 3.63) is 0 Å². The van der Waals surface area contributed by atoms with Gasteiger partial charge in [-0.15, -0.1) is 11.6 Å². The van der Waals surface area contributed by atoms with Gasteiger partial charge in [0, 0.05) is 26.5 Å². The highest BCUT2D eigenvalue weighted by atomic mass is 35.5. The van der Waals surface area contributed by atoms with Crippen LogP contribution in [-0.4, -0.2) is 26.4 Å². The molecule has 0 bridgehead atoms.